The van der Waals surface area contributed by atoms with E-state index in [1.807, 2.05) is 5.38 Å². The zero-order valence-corrected chi connectivity index (χ0v) is 14.3. The van der Waals surface area contributed by atoms with E-state index in [9.17, 15) is 9.90 Å². The van der Waals surface area contributed by atoms with E-state index in [4.69, 9.17) is 0 Å². The summed E-state index contributed by atoms with van der Waals surface area (Å²) in [4.78, 5) is 25.6. The monoisotopic (exact) mass is 334 g/mol. The first-order valence-corrected chi connectivity index (χ1v) is 8.74. The summed E-state index contributed by atoms with van der Waals surface area (Å²) in [5.41, 5.74) is -0.660. The van der Waals surface area contributed by atoms with Gasteiger partial charge in [0.2, 0.25) is 0 Å². The number of rotatable bonds is 5. The minimum Gasteiger partial charge on any atom is -0.481 e. The summed E-state index contributed by atoms with van der Waals surface area (Å²) in [5.74, 6) is 0.290. The van der Waals surface area contributed by atoms with Gasteiger partial charge in [-0.25, -0.2) is 9.97 Å². The lowest BCUT2D eigenvalue weighted by Gasteiger charge is -2.36. The highest BCUT2D eigenvalue weighted by molar-refractivity contribution is 7.16. The molecule has 6 nitrogen and oxygen atoms in total. The number of carboxylic acid groups (broad SMARTS) is 1. The molecule has 7 heteroatoms. The Bertz CT molecular complexity index is 692. The predicted molar refractivity (Wildman–Crippen MR) is 92.1 cm³/mol. The lowest BCUT2D eigenvalue weighted by molar-refractivity contribution is -0.147. The van der Waals surface area contributed by atoms with Crippen LogP contribution in [0.3, 0.4) is 0 Å². The first-order valence-electron chi connectivity index (χ1n) is 7.86. The number of aromatic nitrogens is 2. The van der Waals surface area contributed by atoms with Gasteiger partial charge >= 0.3 is 5.97 Å². The second-order valence-electron chi connectivity index (χ2n) is 6.60. The van der Waals surface area contributed by atoms with Crippen molar-refractivity contribution < 1.29 is 9.90 Å². The number of piperazine rings is 1. The van der Waals surface area contributed by atoms with Crippen LogP contribution in [0.5, 0.6) is 0 Å². The fraction of sp³-hybridized carbons (Fsp3) is 0.562. The SMILES string of the molecule is CC(C)(CCN1CCN(c2ncnc3sccc23)CC1)C(=O)O. The minimum atomic E-state index is -0.725. The maximum atomic E-state index is 11.2. The number of nitrogens with zero attached hydrogens (tertiary/aromatic N) is 4. The van der Waals surface area contributed by atoms with E-state index < -0.39 is 11.4 Å². The van der Waals surface area contributed by atoms with Crippen LogP contribution in [0.25, 0.3) is 10.2 Å². The van der Waals surface area contributed by atoms with Gasteiger partial charge in [0.25, 0.3) is 0 Å². The Labute approximate surface area is 139 Å². The maximum absolute atomic E-state index is 11.2. The summed E-state index contributed by atoms with van der Waals surface area (Å²) >= 11 is 1.64. The van der Waals surface area contributed by atoms with Crippen LogP contribution in [0.1, 0.15) is 20.3 Å². The van der Waals surface area contributed by atoms with Crippen molar-refractivity contribution in [1.82, 2.24) is 14.9 Å². The normalized spacial score (nSPS) is 16.9. The van der Waals surface area contributed by atoms with Crippen molar-refractivity contribution in [3.05, 3.63) is 17.8 Å². The minimum absolute atomic E-state index is 0.660. The van der Waals surface area contributed by atoms with Gasteiger partial charge in [0.05, 0.1) is 10.8 Å². The fourth-order valence-corrected chi connectivity index (χ4v) is 3.48. The molecule has 0 aliphatic carbocycles. The summed E-state index contributed by atoms with van der Waals surface area (Å²) in [7, 11) is 0. The predicted octanol–water partition coefficient (Wildman–Crippen LogP) is 2.31. The van der Waals surface area contributed by atoms with Crippen molar-refractivity contribution >= 4 is 33.3 Å². The highest BCUT2D eigenvalue weighted by Crippen LogP contribution is 2.27. The number of fused-ring (bicyclic) bond motifs is 1. The Morgan fingerprint density at radius 2 is 2.04 bits per heavy atom. The van der Waals surface area contributed by atoms with Gasteiger partial charge in [-0.15, -0.1) is 11.3 Å². The Morgan fingerprint density at radius 1 is 1.30 bits per heavy atom. The largest absolute Gasteiger partial charge is 0.481 e. The quantitative estimate of drug-likeness (QED) is 0.905. The third-order valence-electron chi connectivity index (χ3n) is 4.54. The molecular weight excluding hydrogens is 312 g/mol. The van der Waals surface area contributed by atoms with Crippen LogP contribution >= 0.6 is 11.3 Å². The lowest BCUT2D eigenvalue weighted by atomic mass is 9.89. The smallest absolute Gasteiger partial charge is 0.309 e. The Kier molecular flexibility index (Phi) is 4.50. The van der Waals surface area contributed by atoms with Crippen LogP contribution in [0.15, 0.2) is 17.8 Å². The van der Waals surface area contributed by atoms with Crippen LogP contribution in [0, 0.1) is 5.41 Å². The fourth-order valence-electron chi connectivity index (χ4n) is 2.76. The first-order chi connectivity index (χ1) is 11.0. The van der Waals surface area contributed by atoms with E-state index in [1.165, 1.54) is 0 Å². The molecule has 0 amide bonds. The zero-order chi connectivity index (χ0) is 16.4. The number of hydrogen-bond acceptors (Lipinski definition) is 6. The molecule has 124 valence electrons. The van der Waals surface area contributed by atoms with Crippen molar-refractivity contribution in [2.24, 2.45) is 5.41 Å². The molecule has 3 heterocycles. The molecule has 0 radical (unpaired) electrons. The van der Waals surface area contributed by atoms with Crippen molar-refractivity contribution in [3.63, 3.8) is 0 Å². The topological polar surface area (TPSA) is 69.6 Å². The number of anilines is 1. The van der Waals surface area contributed by atoms with E-state index in [-0.39, 0.29) is 0 Å². The molecule has 1 N–H and O–H groups in total. The van der Waals surface area contributed by atoms with Crippen LogP contribution in [0.2, 0.25) is 0 Å². The molecular formula is C16H22N4O2S. The summed E-state index contributed by atoms with van der Waals surface area (Å²) < 4.78 is 0. The third-order valence-corrected chi connectivity index (χ3v) is 5.37. The van der Waals surface area contributed by atoms with Gasteiger partial charge in [-0.2, -0.15) is 0 Å². The molecule has 1 aliphatic rings. The molecule has 3 rings (SSSR count). The molecule has 23 heavy (non-hydrogen) atoms. The molecule has 1 aliphatic heterocycles. The van der Waals surface area contributed by atoms with E-state index in [0.29, 0.717) is 6.42 Å². The van der Waals surface area contributed by atoms with E-state index in [0.717, 1.165) is 48.8 Å². The van der Waals surface area contributed by atoms with Crippen LogP contribution in [0.4, 0.5) is 5.82 Å². The van der Waals surface area contributed by atoms with Gasteiger partial charge in [0, 0.05) is 26.2 Å². The van der Waals surface area contributed by atoms with Crippen molar-refractivity contribution in [3.8, 4) is 0 Å². The molecule has 0 atom stereocenters. The molecule has 1 saturated heterocycles. The summed E-state index contributed by atoms with van der Waals surface area (Å²) in [6.45, 7) is 8.10. The number of hydrogen-bond donors (Lipinski definition) is 1. The van der Waals surface area contributed by atoms with Crippen LogP contribution in [-0.2, 0) is 4.79 Å². The Balaban J connectivity index is 1.59. The van der Waals surface area contributed by atoms with Gasteiger partial charge in [-0.3, -0.25) is 9.69 Å². The second kappa shape index (κ2) is 6.41. The molecule has 0 unspecified atom stereocenters. The zero-order valence-electron chi connectivity index (χ0n) is 13.5. The highest BCUT2D eigenvalue weighted by atomic mass is 32.1. The van der Waals surface area contributed by atoms with E-state index in [1.54, 1.807) is 31.5 Å². The average molecular weight is 334 g/mol. The van der Waals surface area contributed by atoms with Crippen molar-refractivity contribution in [2.45, 2.75) is 20.3 Å². The summed E-state index contributed by atoms with van der Waals surface area (Å²) in [5, 5.41) is 12.4. The molecule has 0 bridgehead atoms. The number of thiophene rings is 1. The average Bonchev–Trinajstić information content (AvgIpc) is 3.02. The first kappa shape index (κ1) is 16.1. The molecule has 0 saturated carbocycles. The Morgan fingerprint density at radius 3 is 2.74 bits per heavy atom. The molecule has 2 aromatic heterocycles. The maximum Gasteiger partial charge on any atom is 0.309 e. The highest BCUT2D eigenvalue weighted by Gasteiger charge is 2.28. The number of carbonyl (C=O) groups is 1. The van der Waals surface area contributed by atoms with E-state index in [2.05, 4.69) is 25.8 Å². The summed E-state index contributed by atoms with van der Waals surface area (Å²) in [6, 6.07) is 2.08. The summed E-state index contributed by atoms with van der Waals surface area (Å²) in [6.07, 6.45) is 2.31. The lowest BCUT2D eigenvalue weighted by Crippen LogP contribution is -2.47. The molecule has 1 fully saturated rings. The number of carboxylic acids is 1. The Hall–Kier alpha value is -1.73. The van der Waals surface area contributed by atoms with E-state index >= 15 is 0 Å². The third kappa shape index (κ3) is 3.45. The van der Waals surface area contributed by atoms with Gasteiger partial charge in [-0.05, 0) is 38.3 Å². The van der Waals surface area contributed by atoms with Gasteiger partial charge in [0.1, 0.15) is 17.0 Å². The second-order valence-corrected chi connectivity index (χ2v) is 7.50. The number of aliphatic carboxylic acids is 1. The van der Waals surface area contributed by atoms with Crippen molar-refractivity contribution in [2.75, 3.05) is 37.6 Å². The molecule has 2 aromatic rings. The van der Waals surface area contributed by atoms with Crippen LogP contribution < -0.4 is 4.90 Å². The molecule has 0 aromatic carbocycles. The van der Waals surface area contributed by atoms with Gasteiger partial charge in [0.15, 0.2) is 0 Å². The standard InChI is InChI=1S/C16H22N4O2S/c1-16(2,15(21)22)4-5-19-6-8-20(9-7-19)13-12-3-10-23-14(12)18-11-17-13/h3,10-11H,4-9H2,1-2H3,(H,21,22). The van der Waals surface area contributed by atoms with Gasteiger partial charge in [-0.1, -0.05) is 0 Å². The van der Waals surface area contributed by atoms with Crippen LogP contribution in [-0.4, -0.2) is 58.7 Å². The van der Waals surface area contributed by atoms with Crippen molar-refractivity contribution in [1.29, 1.82) is 0 Å². The van der Waals surface area contributed by atoms with Gasteiger partial charge < -0.3 is 10.0 Å². The molecule has 0 spiro atoms.